The molecular weight excluding hydrogens is 914 g/mol. The van der Waals surface area contributed by atoms with Gasteiger partial charge >= 0.3 is 6.18 Å². The molecule has 3 heterocycles. The Morgan fingerprint density at radius 3 is 2.01 bits per heavy atom. The lowest BCUT2D eigenvalue weighted by molar-refractivity contribution is -0.139. The molecule has 0 bridgehead atoms. The van der Waals surface area contributed by atoms with Crippen LogP contribution in [0.1, 0.15) is 35.4 Å². The number of hydrazine groups is 1. The SMILES string of the molecule is COc1cc(C2C3=CCC4C(=O)N(c5ccc(N=Nc6ccc(N(C)C)cc6)cc5)C(=O)C4C3CC3C(=O)N(Nc4ncc(C(F)(F)F)cc4Cl)C(=O)C32c2ccc(Cl)cc2)cc(OC)c1O. The van der Waals surface area contributed by atoms with Gasteiger partial charge in [-0.15, -0.1) is 0 Å². The van der Waals surface area contributed by atoms with Crippen LogP contribution in [0.5, 0.6) is 17.2 Å². The van der Waals surface area contributed by atoms with Gasteiger partial charge in [0.05, 0.1) is 65.0 Å². The van der Waals surface area contributed by atoms with Crippen LogP contribution >= 0.6 is 23.2 Å². The second-order valence-electron chi connectivity index (χ2n) is 16.8. The van der Waals surface area contributed by atoms with Crippen molar-refractivity contribution >= 4 is 75.4 Å². The fraction of sp³-hybridized carbons (Fsp3) is 0.271. The maximum Gasteiger partial charge on any atom is 0.417 e. The molecule has 4 aromatic carbocycles. The lowest BCUT2D eigenvalue weighted by Crippen LogP contribution is -2.53. The van der Waals surface area contributed by atoms with Crippen molar-refractivity contribution in [3.63, 3.8) is 0 Å². The van der Waals surface area contributed by atoms with Crippen molar-refractivity contribution in [1.29, 1.82) is 0 Å². The molecule has 1 aromatic heterocycles. The lowest BCUT2D eigenvalue weighted by atomic mass is 9.49. The van der Waals surface area contributed by atoms with Crippen molar-refractivity contribution < 1.29 is 46.9 Å². The van der Waals surface area contributed by atoms with Gasteiger partial charge in [-0.05, 0) is 109 Å². The number of carbonyl (C=O) groups excluding carboxylic acids is 4. The quantitative estimate of drug-likeness (QED) is 0.0782. The predicted octanol–water partition coefficient (Wildman–Crippen LogP) is 9.80. The number of aromatic hydroxyl groups is 1. The number of carbonyl (C=O) groups is 4. The molecular formula is C48H40Cl2F3N7O7. The summed E-state index contributed by atoms with van der Waals surface area (Å²) >= 11 is 12.7. The maximum absolute atomic E-state index is 15.6. The molecule has 0 radical (unpaired) electrons. The van der Waals surface area contributed by atoms with Crippen LogP contribution in [0, 0.1) is 23.7 Å². The van der Waals surface area contributed by atoms with Crippen molar-refractivity contribution in [2.45, 2.75) is 30.4 Å². The largest absolute Gasteiger partial charge is 0.502 e. The number of rotatable bonds is 10. The van der Waals surface area contributed by atoms with Crippen LogP contribution < -0.4 is 24.7 Å². The number of hydrogen-bond acceptors (Lipinski definition) is 12. The number of fused-ring (bicyclic) bond motifs is 4. The molecule has 19 heteroatoms. The Bertz CT molecular complexity index is 2870. The number of hydrogen-bond donors (Lipinski definition) is 2. The van der Waals surface area contributed by atoms with Crippen LogP contribution in [-0.4, -0.2) is 67.0 Å². The molecule has 9 rings (SSSR count). The molecule has 14 nitrogen and oxygen atoms in total. The number of phenols is 1. The van der Waals surface area contributed by atoms with E-state index in [0.29, 0.717) is 56.1 Å². The van der Waals surface area contributed by atoms with Crippen LogP contribution in [0.25, 0.3) is 0 Å². The average Bonchev–Trinajstić information content (AvgIpc) is 3.69. The number of azo groups is 1. The van der Waals surface area contributed by atoms with Crippen molar-refractivity contribution in [2.75, 3.05) is 43.5 Å². The number of amides is 4. The van der Waals surface area contributed by atoms with E-state index >= 15 is 9.59 Å². The number of nitrogens with zero attached hydrogens (tertiary/aromatic N) is 6. The standard InChI is InChI=1S/C48H40Cl2F3N7O7/c1-58(2)30-13-9-28(10-14-30)55-56-29-11-15-31(16-12-29)59-43(62)33-18-17-32-34(39(33)45(59)64)22-35-44(63)60(57-42-36(50)21-26(23-54-42)48(51,52)53)46(65)47(35,25-5-7-27(49)8-6-25)40(32)24-19-37(66-3)41(61)38(20-24)67-4/h5-17,19-21,23,33-35,39-40,61H,18,22H2,1-4H3,(H,54,57). The van der Waals surface area contributed by atoms with E-state index in [9.17, 15) is 27.9 Å². The molecule has 4 aliphatic rings. The molecule has 3 fully saturated rings. The van der Waals surface area contributed by atoms with Crippen LogP contribution in [0.15, 0.2) is 119 Å². The Hall–Kier alpha value is -6.98. The molecule has 2 saturated heterocycles. The fourth-order valence-electron chi connectivity index (χ4n) is 10.1. The van der Waals surface area contributed by atoms with E-state index in [4.69, 9.17) is 32.7 Å². The number of ether oxygens (including phenoxy) is 2. The van der Waals surface area contributed by atoms with Gasteiger partial charge < -0.3 is 19.5 Å². The van der Waals surface area contributed by atoms with E-state index in [1.807, 2.05) is 49.3 Å². The summed E-state index contributed by atoms with van der Waals surface area (Å²) in [5.41, 5.74) is 3.28. The predicted molar refractivity (Wildman–Crippen MR) is 242 cm³/mol. The summed E-state index contributed by atoms with van der Waals surface area (Å²) in [4.78, 5) is 66.9. The van der Waals surface area contributed by atoms with Crippen LogP contribution in [0.3, 0.4) is 0 Å². The van der Waals surface area contributed by atoms with Crippen molar-refractivity contribution in [3.05, 3.63) is 136 Å². The number of allylic oxidation sites excluding steroid dienone is 2. The van der Waals surface area contributed by atoms with E-state index in [0.717, 1.165) is 10.6 Å². The van der Waals surface area contributed by atoms with Gasteiger partial charge in [-0.2, -0.15) is 28.4 Å². The highest BCUT2D eigenvalue weighted by atomic mass is 35.5. The van der Waals surface area contributed by atoms with E-state index < -0.39 is 81.2 Å². The third kappa shape index (κ3) is 7.49. The highest BCUT2D eigenvalue weighted by Crippen LogP contribution is 2.65. The molecule has 6 atom stereocenters. The molecule has 6 unspecified atom stereocenters. The minimum atomic E-state index is -4.78. The highest BCUT2D eigenvalue weighted by Gasteiger charge is 2.70. The van der Waals surface area contributed by atoms with Gasteiger partial charge in [0.1, 0.15) is 0 Å². The second-order valence-corrected chi connectivity index (χ2v) is 17.7. The first-order chi connectivity index (χ1) is 32.0. The molecule has 0 spiro atoms. The number of alkyl halides is 3. The van der Waals surface area contributed by atoms with E-state index in [-0.39, 0.29) is 30.1 Å². The molecule has 5 aromatic rings. The fourth-order valence-corrected chi connectivity index (χ4v) is 10.4. The number of aromatic nitrogens is 1. The number of phenolic OH excluding ortho intramolecular Hbond substituents is 1. The summed E-state index contributed by atoms with van der Waals surface area (Å²) in [6, 6.07) is 24.0. The minimum Gasteiger partial charge on any atom is -0.502 e. The Kier molecular flexibility index (Phi) is 11.5. The van der Waals surface area contributed by atoms with Gasteiger partial charge in [0.25, 0.3) is 11.8 Å². The van der Waals surface area contributed by atoms with Crippen LogP contribution in [0.4, 0.5) is 41.7 Å². The van der Waals surface area contributed by atoms with Crippen molar-refractivity contribution in [3.8, 4) is 17.2 Å². The third-order valence-electron chi connectivity index (χ3n) is 13.1. The Balaban J connectivity index is 1.14. The molecule has 67 heavy (non-hydrogen) atoms. The molecule has 1 saturated carbocycles. The first kappa shape index (κ1) is 45.2. The summed E-state index contributed by atoms with van der Waals surface area (Å²) in [6.45, 7) is 0. The minimum absolute atomic E-state index is 0.0236. The second kappa shape index (κ2) is 17.0. The van der Waals surface area contributed by atoms with Gasteiger partial charge in [-0.3, -0.25) is 29.5 Å². The van der Waals surface area contributed by atoms with Crippen LogP contribution in [0.2, 0.25) is 10.0 Å². The van der Waals surface area contributed by atoms with E-state index in [1.165, 1.54) is 26.4 Å². The number of benzene rings is 4. The van der Waals surface area contributed by atoms with Gasteiger partial charge in [-0.1, -0.05) is 47.0 Å². The zero-order valence-electron chi connectivity index (χ0n) is 36.1. The number of anilines is 3. The Morgan fingerprint density at radius 2 is 1.45 bits per heavy atom. The maximum atomic E-state index is 15.6. The monoisotopic (exact) mass is 953 g/mol. The highest BCUT2D eigenvalue weighted by molar-refractivity contribution is 6.33. The third-order valence-corrected chi connectivity index (χ3v) is 13.7. The smallest absolute Gasteiger partial charge is 0.417 e. The van der Waals surface area contributed by atoms with Crippen LogP contribution in [-0.2, 0) is 30.8 Å². The van der Waals surface area contributed by atoms with Gasteiger partial charge in [-0.25, -0.2) is 4.98 Å². The summed E-state index contributed by atoms with van der Waals surface area (Å²) in [7, 11) is 6.53. The summed E-state index contributed by atoms with van der Waals surface area (Å²) in [6.07, 6.45) is -2.45. The molecule has 2 aliphatic carbocycles. The van der Waals surface area contributed by atoms with Gasteiger partial charge in [0.2, 0.25) is 17.6 Å². The lowest BCUT2D eigenvalue weighted by Gasteiger charge is -2.50. The van der Waals surface area contributed by atoms with E-state index in [2.05, 4.69) is 20.6 Å². The summed E-state index contributed by atoms with van der Waals surface area (Å²) in [5, 5.41) is 20.2. The molecule has 2 N–H and O–H groups in total. The summed E-state index contributed by atoms with van der Waals surface area (Å²) < 4.78 is 52.0. The van der Waals surface area contributed by atoms with Crippen molar-refractivity contribution in [1.82, 2.24) is 9.99 Å². The molecule has 4 amide bonds. The van der Waals surface area contributed by atoms with Gasteiger partial charge in [0, 0.05) is 36.9 Å². The number of nitrogens with one attached hydrogen (secondary N) is 1. The average molecular weight is 955 g/mol. The van der Waals surface area contributed by atoms with Crippen molar-refractivity contribution in [2.24, 2.45) is 33.9 Å². The first-order valence-corrected chi connectivity index (χ1v) is 21.7. The Labute approximate surface area is 391 Å². The molecule has 2 aliphatic heterocycles. The number of pyridine rings is 1. The zero-order chi connectivity index (χ0) is 47.7. The topological polar surface area (TPSA) is 166 Å². The number of imide groups is 2. The number of halogens is 5. The van der Waals surface area contributed by atoms with Gasteiger partial charge in [0.15, 0.2) is 17.3 Å². The Morgan fingerprint density at radius 1 is 0.836 bits per heavy atom. The number of methoxy groups -OCH3 is 2. The van der Waals surface area contributed by atoms with E-state index in [1.54, 1.807) is 48.5 Å². The summed E-state index contributed by atoms with van der Waals surface area (Å²) in [5.74, 6) is -8.38. The normalized spacial score (nSPS) is 23.5. The first-order valence-electron chi connectivity index (χ1n) is 20.9. The zero-order valence-corrected chi connectivity index (χ0v) is 37.6. The molecule has 344 valence electrons.